The molecule has 0 radical (unpaired) electrons. The van der Waals surface area contributed by atoms with Crippen LogP contribution < -0.4 is 0 Å². The number of rotatable bonds is 2. The van der Waals surface area contributed by atoms with Gasteiger partial charge in [0.15, 0.2) is 0 Å². The Bertz CT molecular complexity index is 529. The first-order valence-corrected chi connectivity index (χ1v) is 4.88. The van der Waals surface area contributed by atoms with E-state index in [4.69, 9.17) is 16.7 Å². The van der Waals surface area contributed by atoms with E-state index in [1.807, 2.05) is 30.3 Å². The quantitative estimate of drug-likeness (QED) is 0.811. The molecule has 1 aromatic heterocycles. The van der Waals surface area contributed by atoms with Crippen LogP contribution in [0.1, 0.15) is 10.6 Å². The van der Waals surface area contributed by atoms with Crippen LogP contribution >= 0.6 is 11.6 Å². The second kappa shape index (κ2) is 4.28. The molecule has 16 heavy (non-hydrogen) atoms. The third kappa shape index (κ3) is 2.17. The zero-order valence-corrected chi connectivity index (χ0v) is 8.85. The molecular formula is C11H7ClN2O2. The lowest BCUT2D eigenvalue weighted by molar-refractivity contribution is 0.0683. The van der Waals surface area contributed by atoms with Gasteiger partial charge in [-0.2, -0.15) is 0 Å². The van der Waals surface area contributed by atoms with Crippen molar-refractivity contribution in [2.24, 2.45) is 0 Å². The maximum Gasteiger partial charge on any atom is 0.374 e. The lowest BCUT2D eigenvalue weighted by Crippen LogP contribution is -2.04. The summed E-state index contributed by atoms with van der Waals surface area (Å²) >= 11 is 5.73. The minimum atomic E-state index is -1.19. The second-order valence-electron chi connectivity index (χ2n) is 3.07. The Balaban J connectivity index is 2.54. The molecule has 0 aliphatic heterocycles. The van der Waals surface area contributed by atoms with E-state index in [1.54, 1.807) is 0 Å². The number of carboxylic acids is 1. The smallest absolute Gasteiger partial charge is 0.374 e. The Hall–Kier alpha value is -1.94. The summed E-state index contributed by atoms with van der Waals surface area (Å²) in [6, 6.07) is 10.7. The predicted molar refractivity (Wildman–Crippen MR) is 59.4 cm³/mol. The van der Waals surface area contributed by atoms with Gasteiger partial charge in [0.1, 0.15) is 5.15 Å². The van der Waals surface area contributed by atoms with Crippen molar-refractivity contribution in [1.82, 2.24) is 9.97 Å². The first-order chi connectivity index (χ1) is 7.66. The Morgan fingerprint density at radius 3 is 2.50 bits per heavy atom. The van der Waals surface area contributed by atoms with Crippen LogP contribution in [0.4, 0.5) is 0 Å². The summed E-state index contributed by atoms with van der Waals surface area (Å²) in [5, 5.41) is 8.91. The third-order valence-electron chi connectivity index (χ3n) is 1.96. The number of carboxylic acid groups (broad SMARTS) is 1. The largest absolute Gasteiger partial charge is 0.475 e. The van der Waals surface area contributed by atoms with Gasteiger partial charge in [0.05, 0.1) is 5.69 Å². The highest BCUT2D eigenvalue weighted by Crippen LogP contribution is 2.19. The van der Waals surface area contributed by atoms with E-state index < -0.39 is 5.97 Å². The van der Waals surface area contributed by atoms with Crippen LogP contribution in [-0.2, 0) is 0 Å². The average Bonchev–Trinajstić information content (AvgIpc) is 2.29. The molecule has 0 spiro atoms. The van der Waals surface area contributed by atoms with Crippen LogP contribution in [0.2, 0.25) is 5.15 Å². The van der Waals surface area contributed by atoms with Gasteiger partial charge in [0.25, 0.3) is 0 Å². The maximum atomic E-state index is 10.8. The Kier molecular flexibility index (Phi) is 2.83. The number of hydrogen-bond donors (Lipinski definition) is 1. The molecule has 4 nitrogen and oxygen atoms in total. The van der Waals surface area contributed by atoms with Crippen LogP contribution in [0.25, 0.3) is 11.3 Å². The molecule has 0 amide bonds. The minimum absolute atomic E-state index is 0.117. The number of nitrogens with zero attached hydrogens (tertiary/aromatic N) is 2. The fourth-order valence-corrected chi connectivity index (χ4v) is 1.45. The SMILES string of the molecule is O=C(O)c1nc(Cl)cc(-c2ccccc2)n1. The summed E-state index contributed by atoms with van der Waals surface area (Å²) in [5.41, 5.74) is 1.30. The molecule has 0 unspecified atom stereocenters. The number of carbonyl (C=O) groups is 1. The normalized spacial score (nSPS) is 10.1. The number of halogens is 1. The van der Waals surface area contributed by atoms with Gasteiger partial charge in [-0.25, -0.2) is 14.8 Å². The van der Waals surface area contributed by atoms with Crippen molar-refractivity contribution >= 4 is 17.6 Å². The molecule has 1 heterocycles. The molecule has 0 fully saturated rings. The van der Waals surface area contributed by atoms with Crippen molar-refractivity contribution in [3.8, 4) is 11.3 Å². The number of aromatic carboxylic acids is 1. The van der Waals surface area contributed by atoms with E-state index in [2.05, 4.69) is 9.97 Å². The first-order valence-electron chi connectivity index (χ1n) is 4.50. The molecule has 2 aromatic rings. The van der Waals surface area contributed by atoms with Gasteiger partial charge in [-0.05, 0) is 0 Å². The molecular weight excluding hydrogens is 228 g/mol. The van der Waals surface area contributed by atoms with Crippen LogP contribution in [-0.4, -0.2) is 21.0 Å². The standard InChI is InChI=1S/C11H7ClN2O2/c12-9-6-8(7-4-2-1-3-5-7)13-10(14-9)11(15)16/h1-6H,(H,15,16). The van der Waals surface area contributed by atoms with E-state index in [0.717, 1.165) is 5.56 Å². The summed E-state index contributed by atoms with van der Waals surface area (Å²) < 4.78 is 0. The van der Waals surface area contributed by atoms with E-state index >= 15 is 0 Å². The van der Waals surface area contributed by atoms with Crippen molar-refractivity contribution in [1.29, 1.82) is 0 Å². The van der Waals surface area contributed by atoms with E-state index in [1.165, 1.54) is 6.07 Å². The summed E-state index contributed by atoms with van der Waals surface area (Å²) in [7, 11) is 0. The van der Waals surface area contributed by atoms with Crippen molar-refractivity contribution in [3.63, 3.8) is 0 Å². The topological polar surface area (TPSA) is 63.1 Å². The summed E-state index contributed by atoms with van der Waals surface area (Å²) in [5.74, 6) is -1.49. The highest BCUT2D eigenvalue weighted by molar-refractivity contribution is 6.29. The summed E-state index contributed by atoms with van der Waals surface area (Å²) in [6.45, 7) is 0. The molecule has 5 heteroatoms. The zero-order chi connectivity index (χ0) is 11.5. The van der Waals surface area contributed by atoms with Gasteiger partial charge in [-0.1, -0.05) is 41.9 Å². The molecule has 0 atom stereocenters. The average molecular weight is 235 g/mol. The third-order valence-corrected chi connectivity index (χ3v) is 2.15. The van der Waals surface area contributed by atoms with Crippen molar-refractivity contribution in [3.05, 3.63) is 47.4 Å². The Morgan fingerprint density at radius 2 is 1.88 bits per heavy atom. The summed E-state index contributed by atoms with van der Waals surface area (Å²) in [6.07, 6.45) is 0. The van der Waals surface area contributed by atoms with Gasteiger partial charge < -0.3 is 5.11 Å². The molecule has 80 valence electrons. The molecule has 0 bridgehead atoms. The number of hydrogen-bond acceptors (Lipinski definition) is 3. The monoisotopic (exact) mass is 234 g/mol. The molecule has 1 aromatic carbocycles. The second-order valence-corrected chi connectivity index (χ2v) is 3.46. The minimum Gasteiger partial charge on any atom is -0.475 e. The molecule has 1 N–H and O–H groups in total. The maximum absolute atomic E-state index is 10.8. The van der Waals surface area contributed by atoms with Gasteiger partial charge >= 0.3 is 5.97 Å². The van der Waals surface area contributed by atoms with Gasteiger partial charge in [0.2, 0.25) is 5.82 Å². The van der Waals surface area contributed by atoms with Crippen molar-refractivity contribution < 1.29 is 9.90 Å². The number of benzene rings is 1. The highest BCUT2D eigenvalue weighted by Gasteiger charge is 2.10. The zero-order valence-electron chi connectivity index (χ0n) is 8.09. The Labute approximate surface area is 96.6 Å². The van der Waals surface area contributed by atoms with Crippen LogP contribution in [0.5, 0.6) is 0 Å². The summed E-state index contributed by atoms with van der Waals surface area (Å²) in [4.78, 5) is 18.3. The van der Waals surface area contributed by atoms with Gasteiger partial charge in [0, 0.05) is 11.6 Å². The lowest BCUT2D eigenvalue weighted by atomic mass is 10.1. The fourth-order valence-electron chi connectivity index (χ4n) is 1.27. The molecule has 0 aliphatic carbocycles. The lowest BCUT2D eigenvalue weighted by Gasteiger charge is -2.02. The number of aromatic nitrogens is 2. The molecule has 0 saturated heterocycles. The predicted octanol–water partition coefficient (Wildman–Crippen LogP) is 2.50. The van der Waals surface area contributed by atoms with E-state index in [-0.39, 0.29) is 11.0 Å². The fraction of sp³-hybridized carbons (Fsp3) is 0. The molecule has 2 rings (SSSR count). The molecule has 0 aliphatic rings. The van der Waals surface area contributed by atoms with E-state index in [0.29, 0.717) is 5.69 Å². The van der Waals surface area contributed by atoms with Crippen molar-refractivity contribution in [2.45, 2.75) is 0 Å². The molecule has 0 saturated carbocycles. The van der Waals surface area contributed by atoms with E-state index in [9.17, 15) is 4.79 Å². The van der Waals surface area contributed by atoms with Gasteiger partial charge in [-0.3, -0.25) is 0 Å². The highest BCUT2D eigenvalue weighted by atomic mass is 35.5. The first kappa shape index (κ1) is 10.6. The van der Waals surface area contributed by atoms with Gasteiger partial charge in [-0.15, -0.1) is 0 Å². The van der Waals surface area contributed by atoms with Crippen LogP contribution in [0.15, 0.2) is 36.4 Å². The Morgan fingerprint density at radius 1 is 1.19 bits per heavy atom. The van der Waals surface area contributed by atoms with Crippen molar-refractivity contribution in [2.75, 3.05) is 0 Å². The van der Waals surface area contributed by atoms with Crippen LogP contribution in [0.3, 0.4) is 0 Å². The van der Waals surface area contributed by atoms with Crippen LogP contribution in [0, 0.1) is 0 Å².